The fourth-order valence-corrected chi connectivity index (χ4v) is 5.31. The Morgan fingerprint density at radius 2 is 1.79 bits per heavy atom. The molecule has 0 spiro atoms. The molecule has 1 amide bonds. The largest absolute Gasteiger partial charge is 0.437 e. The Morgan fingerprint density at radius 1 is 1.05 bits per heavy atom. The van der Waals surface area contributed by atoms with Crippen molar-refractivity contribution in [1.82, 2.24) is 25.0 Å². The summed E-state index contributed by atoms with van der Waals surface area (Å²) < 4.78 is 8.88. The second-order valence-corrected chi connectivity index (χ2v) is 10.6. The number of nitrogens with zero attached hydrogens (tertiary/aromatic N) is 6. The predicted octanol–water partition coefficient (Wildman–Crippen LogP) is 6.12. The van der Waals surface area contributed by atoms with Crippen molar-refractivity contribution in [3.8, 4) is 29.0 Å². The van der Waals surface area contributed by atoms with Gasteiger partial charge in [-0.1, -0.05) is 29.5 Å². The number of carbonyl (C=O) groups excluding carboxylic acids is 1. The normalized spacial score (nSPS) is 10.9. The molecule has 42 heavy (non-hydrogen) atoms. The molecule has 11 heteroatoms. The Kier molecular flexibility index (Phi) is 7.04. The summed E-state index contributed by atoms with van der Waals surface area (Å²) in [4.78, 5) is 20.6. The van der Waals surface area contributed by atoms with Crippen LogP contribution < -0.4 is 15.8 Å². The number of hydrogen-bond acceptors (Lipinski definition) is 9. The molecule has 0 saturated heterocycles. The van der Waals surface area contributed by atoms with Gasteiger partial charge in [0, 0.05) is 16.8 Å². The molecule has 0 aliphatic rings. The van der Waals surface area contributed by atoms with Crippen molar-refractivity contribution in [2.75, 3.05) is 5.32 Å². The summed E-state index contributed by atoms with van der Waals surface area (Å²) in [6.07, 6.45) is 1.87. The van der Waals surface area contributed by atoms with Crippen LogP contribution in [0.3, 0.4) is 0 Å². The van der Waals surface area contributed by atoms with Crippen LogP contribution in [0.2, 0.25) is 0 Å². The number of carbonyl (C=O) groups is 1. The average Bonchev–Trinajstić information content (AvgIpc) is 3.65. The standard InChI is InChI=1S/C31H24N8O2S/c1-18-13-21(15-32)14-19(2)27(18)41-30-28-25(11-12-42-28)35-31(36-30)34-24-9-7-22(8-10-24)26-17-39(38-37-26)16-20-3-5-23(6-4-20)29(33)40/h3-14,17H,16H2,1-2H3,(H2,33,40)(H,34,35,36). The predicted molar refractivity (Wildman–Crippen MR) is 161 cm³/mol. The minimum absolute atomic E-state index is 0.404. The van der Waals surface area contributed by atoms with Crippen LogP contribution in [-0.2, 0) is 6.54 Å². The molecule has 0 aliphatic carbocycles. The maximum atomic E-state index is 11.3. The van der Waals surface area contributed by atoms with E-state index >= 15 is 0 Å². The molecule has 0 saturated carbocycles. The molecule has 10 nitrogen and oxygen atoms in total. The third-order valence-corrected chi connectivity index (χ3v) is 7.51. The number of primary amides is 1. The Hall–Kier alpha value is -5.60. The third-order valence-electron chi connectivity index (χ3n) is 6.62. The van der Waals surface area contributed by atoms with Gasteiger partial charge in [0.15, 0.2) is 0 Å². The lowest BCUT2D eigenvalue weighted by atomic mass is 10.1. The van der Waals surface area contributed by atoms with Crippen LogP contribution in [0.4, 0.5) is 11.6 Å². The molecule has 206 valence electrons. The first kappa shape index (κ1) is 26.6. The smallest absolute Gasteiger partial charge is 0.248 e. The molecule has 3 N–H and O–H groups in total. The number of amides is 1. The van der Waals surface area contributed by atoms with Gasteiger partial charge in [-0.3, -0.25) is 4.79 Å². The summed E-state index contributed by atoms with van der Waals surface area (Å²) in [6, 6.07) is 22.6. The Labute approximate surface area is 245 Å². The van der Waals surface area contributed by atoms with E-state index in [2.05, 4.69) is 31.7 Å². The molecular weight excluding hydrogens is 548 g/mol. The SMILES string of the molecule is Cc1cc(C#N)cc(C)c1Oc1nc(Nc2ccc(-c3cn(Cc4ccc(C(N)=O)cc4)nn3)cc2)nc2ccsc12. The van der Waals surface area contributed by atoms with E-state index in [1.807, 2.05) is 67.9 Å². The topological polar surface area (TPSA) is 145 Å². The molecule has 0 radical (unpaired) electrons. The van der Waals surface area contributed by atoms with E-state index < -0.39 is 5.91 Å². The van der Waals surface area contributed by atoms with Gasteiger partial charge in [0.05, 0.1) is 29.9 Å². The van der Waals surface area contributed by atoms with Crippen molar-refractivity contribution in [1.29, 1.82) is 5.26 Å². The van der Waals surface area contributed by atoms with E-state index in [1.54, 1.807) is 28.9 Å². The number of rotatable bonds is 8. The number of nitrogens with two attached hydrogens (primary N) is 1. The van der Waals surface area contributed by atoms with Crippen LogP contribution in [0.1, 0.15) is 32.6 Å². The Balaban J connectivity index is 1.19. The highest BCUT2D eigenvalue weighted by Gasteiger charge is 2.15. The van der Waals surface area contributed by atoms with Gasteiger partial charge in [0.25, 0.3) is 0 Å². The number of fused-ring (bicyclic) bond motifs is 1. The first-order chi connectivity index (χ1) is 20.4. The van der Waals surface area contributed by atoms with Gasteiger partial charge in [-0.15, -0.1) is 16.4 Å². The number of benzene rings is 3. The van der Waals surface area contributed by atoms with E-state index in [0.717, 1.165) is 43.9 Å². The average molecular weight is 573 g/mol. The molecule has 3 heterocycles. The Bertz CT molecular complexity index is 1950. The molecule has 3 aromatic carbocycles. The molecule has 0 fully saturated rings. The summed E-state index contributed by atoms with van der Waals surface area (Å²) in [5.74, 6) is 1.07. The number of aryl methyl sites for hydroxylation is 2. The van der Waals surface area contributed by atoms with Crippen molar-refractivity contribution in [2.24, 2.45) is 5.73 Å². The monoisotopic (exact) mass is 572 g/mol. The first-order valence-corrected chi connectivity index (χ1v) is 13.8. The van der Waals surface area contributed by atoms with Crippen LogP contribution in [0.5, 0.6) is 11.6 Å². The van der Waals surface area contributed by atoms with Gasteiger partial charge in [0.2, 0.25) is 17.7 Å². The summed E-state index contributed by atoms with van der Waals surface area (Å²) >= 11 is 1.51. The summed E-state index contributed by atoms with van der Waals surface area (Å²) in [5.41, 5.74) is 12.3. The molecule has 0 atom stereocenters. The van der Waals surface area contributed by atoms with E-state index in [1.165, 1.54) is 11.3 Å². The number of anilines is 2. The fraction of sp³-hybridized carbons (Fsp3) is 0.0968. The zero-order chi connectivity index (χ0) is 29.2. The minimum atomic E-state index is -0.455. The van der Waals surface area contributed by atoms with Crippen molar-refractivity contribution in [2.45, 2.75) is 20.4 Å². The molecule has 6 rings (SSSR count). The number of thiophene rings is 1. The highest BCUT2D eigenvalue weighted by atomic mass is 32.1. The van der Waals surface area contributed by atoms with Gasteiger partial charge in [-0.2, -0.15) is 10.2 Å². The summed E-state index contributed by atoms with van der Waals surface area (Å²) in [7, 11) is 0. The van der Waals surface area contributed by atoms with E-state index in [9.17, 15) is 10.1 Å². The first-order valence-electron chi connectivity index (χ1n) is 13.0. The van der Waals surface area contributed by atoms with Crippen molar-refractivity contribution < 1.29 is 9.53 Å². The van der Waals surface area contributed by atoms with Gasteiger partial charge in [0.1, 0.15) is 16.1 Å². The molecule has 0 bridgehead atoms. The van der Waals surface area contributed by atoms with Gasteiger partial charge < -0.3 is 15.8 Å². The molecule has 3 aromatic heterocycles. The molecule has 0 unspecified atom stereocenters. The van der Waals surface area contributed by atoms with Crippen molar-refractivity contribution in [3.05, 3.63) is 106 Å². The lowest BCUT2D eigenvalue weighted by molar-refractivity contribution is 0.1000. The fourth-order valence-electron chi connectivity index (χ4n) is 4.56. The van der Waals surface area contributed by atoms with Crippen LogP contribution in [0.25, 0.3) is 21.5 Å². The molecule has 0 aliphatic heterocycles. The molecule has 6 aromatic rings. The zero-order valence-electron chi connectivity index (χ0n) is 22.7. The second-order valence-electron chi connectivity index (χ2n) is 9.71. The minimum Gasteiger partial charge on any atom is -0.437 e. The van der Waals surface area contributed by atoms with Gasteiger partial charge in [-0.05, 0) is 78.4 Å². The number of hydrogen-bond donors (Lipinski definition) is 2. The lowest BCUT2D eigenvalue weighted by Crippen LogP contribution is -2.10. The maximum absolute atomic E-state index is 11.3. The van der Waals surface area contributed by atoms with Crippen LogP contribution in [-0.4, -0.2) is 30.9 Å². The summed E-state index contributed by atoms with van der Waals surface area (Å²) in [6.45, 7) is 4.34. The highest BCUT2D eigenvalue weighted by molar-refractivity contribution is 7.17. The van der Waals surface area contributed by atoms with Crippen molar-refractivity contribution in [3.63, 3.8) is 0 Å². The van der Waals surface area contributed by atoms with E-state index in [-0.39, 0.29) is 0 Å². The number of aromatic nitrogens is 5. The highest BCUT2D eigenvalue weighted by Crippen LogP contribution is 2.36. The number of nitriles is 1. The van der Waals surface area contributed by atoms with Gasteiger partial charge >= 0.3 is 0 Å². The lowest BCUT2D eigenvalue weighted by Gasteiger charge is -2.13. The van der Waals surface area contributed by atoms with Crippen LogP contribution in [0, 0.1) is 25.2 Å². The van der Waals surface area contributed by atoms with Crippen LogP contribution in [0.15, 0.2) is 78.3 Å². The quantitative estimate of drug-likeness (QED) is 0.222. The Morgan fingerprint density at radius 3 is 2.48 bits per heavy atom. The van der Waals surface area contributed by atoms with E-state index in [4.69, 9.17) is 10.5 Å². The van der Waals surface area contributed by atoms with Crippen molar-refractivity contribution >= 4 is 39.1 Å². The summed E-state index contributed by atoms with van der Waals surface area (Å²) in [5, 5.41) is 23.0. The van der Waals surface area contributed by atoms with Gasteiger partial charge in [-0.25, -0.2) is 9.67 Å². The third kappa shape index (κ3) is 5.52. The second kappa shape index (κ2) is 11.1. The zero-order valence-corrected chi connectivity index (χ0v) is 23.5. The number of nitrogens with one attached hydrogen (secondary N) is 1. The maximum Gasteiger partial charge on any atom is 0.248 e. The number of ether oxygens (including phenoxy) is 1. The molecular formula is C31H24N8O2S. The van der Waals surface area contributed by atoms with Crippen LogP contribution >= 0.6 is 11.3 Å². The van der Waals surface area contributed by atoms with E-state index in [0.29, 0.717) is 35.2 Å².